The first kappa shape index (κ1) is 16.5. The van der Waals surface area contributed by atoms with Crippen LogP contribution < -0.4 is 14.2 Å². The van der Waals surface area contributed by atoms with E-state index >= 15 is 0 Å². The molecule has 0 unspecified atom stereocenters. The summed E-state index contributed by atoms with van der Waals surface area (Å²) in [5.41, 5.74) is 2.04. The second kappa shape index (κ2) is 6.72. The van der Waals surface area contributed by atoms with Gasteiger partial charge in [-0.2, -0.15) is 0 Å². The van der Waals surface area contributed by atoms with Crippen LogP contribution in [0.3, 0.4) is 0 Å². The van der Waals surface area contributed by atoms with E-state index in [1.54, 1.807) is 38.7 Å². The van der Waals surface area contributed by atoms with Crippen molar-refractivity contribution in [2.75, 3.05) is 21.0 Å². The summed E-state index contributed by atoms with van der Waals surface area (Å²) in [7, 11) is 3.13. The van der Waals surface area contributed by atoms with Crippen LogP contribution in [0.5, 0.6) is 17.2 Å². The van der Waals surface area contributed by atoms with Gasteiger partial charge in [0.15, 0.2) is 17.3 Å². The molecule has 1 aliphatic heterocycles. The van der Waals surface area contributed by atoms with Gasteiger partial charge in [0, 0.05) is 13.5 Å². The van der Waals surface area contributed by atoms with Gasteiger partial charge >= 0.3 is 0 Å². The minimum Gasteiger partial charge on any atom is -0.495 e. The van der Waals surface area contributed by atoms with Crippen molar-refractivity contribution >= 4 is 16.8 Å². The number of hydrogen-bond donors (Lipinski definition) is 0. The summed E-state index contributed by atoms with van der Waals surface area (Å²) in [5.74, 6) is 1.80. The molecule has 2 aromatic carbocycles. The fourth-order valence-corrected chi connectivity index (χ4v) is 3.19. The predicted molar refractivity (Wildman–Crippen MR) is 94.0 cm³/mol. The van der Waals surface area contributed by atoms with Crippen molar-refractivity contribution in [1.82, 2.24) is 0 Å². The summed E-state index contributed by atoms with van der Waals surface area (Å²) in [6, 6.07) is 10.8. The highest BCUT2D eigenvalue weighted by Gasteiger charge is 2.23. The Morgan fingerprint density at radius 2 is 1.96 bits per heavy atom. The first-order valence-electron chi connectivity index (χ1n) is 8.21. The predicted octanol–water partition coefficient (Wildman–Crippen LogP) is 4.13. The second-order valence-electron chi connectivity index (χ2n) is 5.94. The van der Waals surface area contributed by atoms with E-state index in [1.165, 1.54) is 0 Å². The number of carbonyl (C=O) groups excluding carboxylic acids is 1. The van der Waals surface area contributed by atoms with Crippen LogP contribution in [0.15, 0.2) is 47.1 Å². The number of Topliss-reactive ketones (excluding diaryl/α,β-unsaturated/α-hetero) is 1. The summed E-state index contributed by atoms with van der Waals surface area (Å²) in [5, 5.41) is 0.774. The Kier molecular flexibility index (Phi) is 4.26. The molecule has 0 spiro atoms. The average Bonchev–Trinajstić information content (AvgIpc) is 3.33. The molecular formula is C20H18O6. The number of hydrogen-bond acceptors (Lipinski definition) is 6. The minimum absolute atomic E-state index is 0.0746. The lowest BCUT2D eigenvalue weighted by molar-refractivity contribution is 0.0727. The van der Waals surface area contributed by atoms with Crippen molar-refractivity contribution in [3.05, 3.63) is 53.8 Å². The maximum atomic E-state index is 12.9. The molecule has 4 rings (SSSR count). The molecule has 134 valence electrons. The third kappa shape index (κ3) is 2.78. The maximum absolute atomic E-state index is 12.9. The molecule has 1 aromatic heterocycles. The maximum Gasteiger partial charge on any atom is 0.231 e. The molecule has 0 N–H and O–H groups in total. The smallest absolute Gasteiger partial charge is 0.231 e. The van der Waals surface area contributed by atoms with Gasteiger partial charge in [0.2, 0.25) is 6.79 Å². The number of furan rings is 1. The third-order valence-corrected chi connectivity index (χ3v) is 4.51. The van der Waals surface area contributed by atoms with Gasteiger partial charge in [-0.25, -0.2) is 0 Å². The Labute approximate surface area is 150 Å². The van der Waals surface area contributed by atoms with Gasteiger partial charge < -0.3 is 23.4 Å². The van der Waals surface area contributed by atoms with Gasteiger partial charge in [0.25, 0.3) is 0 Å². The number of carbonyl (C=O) groups is 1. The van der Waals surface area contributed by atoms with Crippen LogP contribution in [0.2, 0.25) is 0 Å². The molecule has 1 aliphatic rings. The molecule has 0 aliphatic carbocycles. The number of ketones is 1. The summed E-state index contributed by atoms with van der Waals surface area (Å²) in [4.78, 5) is 12.9. The molecule has 0 radical (unpaired) electrons. The van der Waals surface area contributed by atoms with E-state index in [0.717, 1.165) is 10.9 Å². The Balaban J connectivity index is 1.62. The van der Waals surface area contributed by atoms with Gasteiger partial charge in [0.05, 0.1) is 30.4 Å². The van der Waals surface area contributed by atoms with Crippen LogP contribution >= 0.6 is 0 Å². The molecule has 6 nitrogen and oxygen atoms in total. The van der Waals surface area contributed by atoms with Crippen molar-refractivity contribution in [2.24, 2.45) is 0 Å². The molecule has 1 atom stereocenters. The van der Waals surface area contributed by atoms with E-state index in [0.29, 0.717) is 28.4 Å². The summed E-state index contributed by atoms with van der Waals surface area (Å²) in [6.07, 6.45) is 1.35. The molecule has 0 bridgehead atoms. The van der Waals surface area contributed by atoms with E-state index in [1.807, 2.05) is 18.2 Å². The van der Waals surface area contributed by atoms with Gasteiger partial charge in [-0.15, -0.1) is 0 Å². The molecule has 2 heterocycles. The molecule has 0 amide bonds. The summed E-state index contributed by atoms with van der Waals surface area (Å²) >= 11 is 0. The Morgan fingerprint density at radius 3 is 2.77 bits per heavy atom. The number of fused-ring (bicyclic) bond motifs is 2. The summed E-state index contributed by atoms with van der Waals surface area (Å²) in [6.45, 7) is 0.206. The van der Waals surface area contributed by atoms with Gasteiger partial charge in [-0.05, 0) is 35.9 Å². The van der Waals surface area contributed by atoms with Crippen LogP contribution in [0.25, 0.3) is 11.0 Å². The zero-order valence-corrected chi connectivity index (χ0v) is 14.5. The van der Waals surface area contributed by atoms with Crippen LogP contribution in [0, 0.1) is 0 Å². The van der Waals surface area contributed by atoms with Crippen LogP contribution in [-0.4, -0.2) is 26.8 Å². The lowest BCUT2D eigenvalue weighted by atomic mass is 9.98. The fourth-order valence-electron chi connectivity index (χ4n) is 3.19. The van der Waals surface area contributed by atoms with Crippen molar-refractivity contribution in [3.8, 4) is 17.2 Å². The molecule has 6 heteroatoms. The average molecular weight is 354 g/mol. The van der Waals surface area contributed by atoms with Crippen LogP contribution in [-0.2, 0) is 4.74 Å². The highest BCUT2D eigenvalue weighted by molar-refractivity contribution is 6.04. The highest BCUT2D eigenvalue weighted by atomic mass is 16.7. The second-order valence-corrected chi connectivity index (χ2v) is 5.94. The fraction of sp³-hybridized carbons (Fsp3) is 0.250. The standard InChI is InChI=1S/C20H18O6/c1-22-18(12-3-5-17-19(9-12)26-11-25-17)10-15(21)13-4-6-16-14(7-8-24-16)20(13)23-2/h3-9,18H,10-11H2,1-2H3/t18-/m1/s1. The van der Waals surface area contributed by atoms with Gasteiger partial charge in [-0.3, -0.25) is 4.79 Å². The zero-order chi connectivity index (χ0) is 18.1. The van der Waals surface area contributed by atoms with Gasteiger partial charge in [-0.1, -0.05) is 6.07 Å². The highest BCUT2D eigenvalue weighted by Crippen LogP contribution is 2.37. The quantitative estimate of drug-likeness (QED) is 0.620. The number of benzene rings is 2. The molecule has 26 heavy (non-hydrogen) atoms. The molecule has 0 saturated heterocycles. The summed E-state index contributed by atoms with van der Waals surface area (Å²) < 4.78 is 27.1. The molecule has 0 fully saturated rings. The van der Waals surface area contributed by atoms with Crippen LogP contribution in [0.4, 0.5) is 0 Å². The van der Waals surface area contributed by atoms with Crippen molar-refractivity contribution in [2.45, 2.75) is 12.5 Å². The molecule has 3 aromatic rings. The molecular weight excluding hydrogens is 336 g/mol. The first-order chi connectivity index (χ1) is 12.7. The van der Waals surface area contributed by atoms with E-state index < -0.39 is 6.10 Å². The topological polar surface area (TPSA) is 67.1 Å². The van der Waals surface area contributed by atoms with E-state index in [-0.39, 0.29) is 19.0 Å². The zero-order valence-electron chi connectivity index (χ0n) is 14.5. The van der Waals surface area contributed by atoms with Gasteiger partial charge in [0.1, 0.15) is 11.3 Å². The lowest BCUT2D eigenvalue weighted by Crippen LogP contribution is -2.10. The van der Waals surface area contributed by atoms with E-state index in [2.05, 4.69) is 0 Å². The Bertz CT molecular complexity index is 958. The first-order valence-corrected chi connectivity index (χ1v) is 8.21. The van der Waals surface area contributed by atoms with E-state index in [4.69, 9.17) is 23.4 Å². The molecule has 0 saturated carbocycles. The van der Waals surface area contributed by atoms with Crippen molar-refractivity contribution in [1.29, 1.82) is 0 Å². The van der Waals surface area contributed by atoms with Crippen molar-refractivity contribution in [3.63, 3.8) is 0 Å². The Morgan fingerprint density at radius 1 is 1.12 bits per heavy atom. The Hall–Kier alpha value is -2.99. The third-order valence-electron chi connectivity index (χ3n) is 4.51. The lowest BCUT2D eigenvalue weighted by Gasteiger charge is -2.16. The monoisotopic (exact) mass is 354 g/mol. The minimum atomic E-state index is -0.401. The SMILES string of the molecule is COc1c(C(=O)C[C@@H](OC)c2ccc3c(c2)OCO3)ccc2occc12. The number of methoxy groups -OCH3 is 2. The number of ether oxygens (including phenoxy) is 4. The van der Waals surface area contributed by atoms with Crippen molar-refractivity contribution < 1.29 is 28.2 Å². The largest absolute Gasteiger partial charge is 0.495 e. The normalized spacial score (nSPS) is 13.8. The van der Waals surface area contributed by atoms with E-state index in [9.17, 15) is 4.79 Å². The number of rotatable bonds is 6. The van der Waals surface area contributed by atoms with Crippen LogP contribution in [0.1, 0.15) is 28.4 Å².